The Hall–Kier alpha value is -4.55. The number of phenols is 1. The van der Waals surface area contributed by atoms with Crippen LogP contribution in [0.15, 0.2) is 53.0 Å². The number of nitrogens with zero attached hydrogens (tertiary/aromatic N) is 2. The van der Waals surface area contributed by atoms with Gasteiger partial charge in [-0.3, -0.25) is 19.7 Å². The number of aliphatic hydroxyl groups excluding tert-OH is 2. The predicted octanol–water partition coefficient (Wildman–Crippen LogP) is 3.97. The minimum atomic E-state index is -1.30. The molecule has 0 spiro atoms. The zero-order valence-corrected chi connectivity index (χ0v) is 26.2. The van der Waals surface area contributed by atoms with Gasteiger partial charge in [-0.25, -0.2) is 4.79 Å². The first-order chi connectivity index (χ1) is 21.1. The van der Waals surface area contributed by atoms with Crippen molar-refractivity contribution in [3.8, 4) is 11.5 Å². The van der Waals surface area contributed by atoms with Crippen LogP contribution in [0.5, 0.6) is 11.5 Å². The fourth-order valence-electron chi connectivity index (χ4n) is 7.06. The van der Waals surface area contributed by atoms with E-state index in [1.807, 2.05) is 0 Å². The highest BCUT2D eigenvalue weighted by Gasteiger charge is 2.57. The third-order valence-electron chi connectivity index (χ3n) is 8.88. The number of anilines is 2. The van der Waals surface area contributed by atoms with Gasteiger partial charge in [0.1, 0.15) is 22.8 Å². The van der Waals surface area contributed by atoms with E-state index in [4.69, 9.17) is 22.1 Å². The van der Waals surface area contributed by atoms with Crippen LogP contribution in [0.3, 0.4) is 0 Å². The van der Waals surface area contributed by atoms with Gasteiger partial charge in [0.15, 0.2) is 17.3 Å². The van der Waals surface area contributed by atoms with Gasteiger partial charge in [-0.05, 0) is 68.8 Å². The van der Waals surface area contributed by atoms with E-state index in [1.165, 1.54) is 18.2 Å². The maximum absolute atomic E-state index is 14.3. The van der Waals surface area contributed by atoms with Crippen LogP contribution >= 0.6 is 11.6 Å². The van der Waals surface area contributed by atoms with Gasteiger partial charge < -0.3 is 35.6 Å². The summed E-state index contributed by atoms with van der Waals surface area (Å²) in [5.74, 6) is -6.64. The Labute approximate surface area is 264 Å². The van der Waals surface area contributed by atoms with Crippen LogP contribution < -0.4 is 20.7 Å². The molecule has 0 bridgehead atoms. The van der Waals surface area contributed by atoms with Crippen molar-refractivity contribution in [2.45, 2.75) is 19.8 Å². The number of aliphatic hydroxyl groups is 2. The Kier molecular flexibility index (Phi) is 8.09. The van der Waals surface area contributed by atoms with Crippen LogP contribution in [-0.4, -0.2) is 78.5 Å². The lowest BCUT2D eigenvalue weighted by Crippen LogP contribution is -2.51. The SMILES string of the molecule is CN(C)C[C@@H]1C(O)=C(C(N)=O)C(=O)C2C(O)=C3C(=O)c4c(O)c(NC(=O)Oc5ccc(Cl)cc5)cc(N(C)C)c4C[C@@]3(C)CC21. The van der Waals surface area contributed by atoms with Crippen LogP contribution in [0, 0.1) is 23.2 Å². The molecular weight excluding hydrogens is 604 g/mol. The first-order valence-corrected chi connectivity index (χ1v) is 14.6. The highest BCUT2D eigenvalue weighted by atomic mass is 35.5. The molecule has 12 nitrogen and oxygen atoms in total. The van der Waals surface area contributed by atoms with E-state index < -0.39 is 69.6 Å². The average Bonchev–Trinajstić information content (AvgIpc) is 2.92. The number of nitrogens with two attached hydrogens (primary N) is 1. The lowest BCUT2D eigenvalue weighted by Gasteiger charge is -2.49. The number of primary amides is 1. The Bertz CT molecular complexity index is 1700. The topological polar surface area (TPSA) is 183 Å². The molecule has 6 N–H and O–H groups in total. The molecule has 4 atom stereocenters. The number of rotatable bonds is 6. The molecule has 238 valence electrons. The fraction of sp³-hybridized carbons (Fsp3) is 0.375. The van der Waals surface area contributed by atoms with Crippen LogP contribution in [-0.2, 0) is 16.0 Å². The zero-order valence-electron chi connectivity index (χ0n) is 25.5. The number of halogens is 1. The predicted molar refractivity (Wildman–Crippen MR) is 167 cm³/mol. The van der Waals surface area contributed by atoms with E-state index in [2.05, 4.69) is 5.32 Å². The monoisotopic (exact) mass is 638 g/mol. The minimum absolute atomic E-state index is 0.0701. The molecular formula is C32H35ClN4O8. The number of carbonyl (C=O) groups excluding carboxylic acids is 4. The highest BCUT2D eigenvalue weighted by molar-refractivity contribution is 6.30. The summed E-state index contributed by atoms with van der Waals surface area (Å²) in [7, 11) is 7.04. The van der Waals surface area contributed by atoms with Gasteiger partial charge in [0, 0.05) is 48.3 Å². The molecule has 2 amide bonds. The standard InChI is InChI=1S/C32H35ClN4O8/c1-32-11-16-18(13-36(2)3)25(38)23(30(34)43)27(40)21(16)28(41)24(32)29(42)22-17(12-32)20(37(4)5)10-19(26(22)39)35-31(44)45-15-8-6-14(33)7-9-15/h6-10,16,18,21,38-39,41H,11-13H2,1-5H3,(H2,34,43)(H,35,44)/t16?,18-,21?,32+/m0/s1. The van der Waals surface area contributed by atoms with Crippen molar-refractivity contribution < 1.29 is 39.2 Å². The summed E-state index contributed by atoms with van der Waals surface area (Å²) in [6.45, 7) is 2.05. The Morgan fingerprint density at radius 3 is 2.31 bits per heavy atom. The maximum Gasteiger partial charge on any atom is 0.417 e. The molecule has 5 rings (SSSR count). The molecule has 0 heterocycles. The summed E-state index contributed by atoms with van der Waals surface area (Å²) in [6.07, 6.45) is -0.536. The number of benzene rings is 2. The molecule has 0 aliphatic heterocycles. The average molecular weight is 639 g/mol. The molecule has 0 aromatic heterocycles. The number of ether oxygens (including phenoxy) is 1. The van der Waals surface area contributed by atoms with Gasteiger partial charge >= 0.3 is 6.09 Å². The first-order valence-electron chi connectivity index (χ1n) is 14.3. The third-order valence-corrected chi connectivity index (χ3v) is 9.13. The number of fused-ring (bicyclic) bond motifs is 3. The number of allylic oxidation sites excluding steroid dienone is 2. The highest BCUT2D eigenvalue weighted by Crippen LogP contribution is 2.58. The Balaban J connectivity index is 1.61. The second-order valence-corrected chi connectivity index (χ2v) is 13.0. The van der Waals surface area contributed by atoms with E-state index in [0.717, 1.165) is 0 Å². The van der Waals surface area contributed by atoms with Crippen molar-refractivity contribution in [3.05, 3.63) is 69.1 Å². The molecule has 13 heteroatoms. The number of aromatic hydroxyl groups is 1. The van der Waals surface area contributed by atoms with Gasteiger partial charge in [-0.15, -0.1) is 0 Å². The molecule has 3 aliphatic rings. The molecule has 2 unspecified atom stereocenters. The summed E-state index contributed by atoms with van der Waals surface area (Å²) in [4.78, 5) is 56.5. The van der Waals surface area contributed by atoms with E-state index in [-0.39, 0.29) is 42.0 Å². The first kappa shape index (κ1) is 31.9. The van der Waals surface area contributed by atoms with Crippen molar-refractivity contribution in [2.24, 2.45) is 28.9 Å². The number of hydrogen-bond donors (Lipinski definition) is 5. The van der Waals surface area contributed by atoms with Crippen molar-refractivity contribution in [1.82, 2.24) is 4.90 Å². The smallest absolute Gasteiger partial charge is 0.417 e. The second-order valence-electron chi connectivity index (χ2n) is 12.5. The lowest BCUT2D eigenvalue weighted by atomic mass is 9.54. The molecule has 0 radical (unpaired) electrons. The zero-order chi connectivity index (χ0) is 33.1. The number of nitrogens with one attached hydrogen (secondary N) is 1. The molecule has 0 saturated heterocycles. The van der Waals surface area contributed by atoms with E-state index in [1.54, 1.807) is 57.0 Å². The molecule has 0 fully saturated rings. The summed E-state index contributed by atoms with van der Waals surface area (Å²) in [6, 6.07) is 7.59. The number of ketones is 2. The summed E-state index contributed by atoms with van der Waals surface area (Å²) < 4.78 is 5.29. The van der Waals surface area contributed by atoms with E-state index in [9.17, 15) is 34.5 Å². The Morgan fingerprint density at radius 1 is 1.09 bits per heavy atom. The van der Waals surface area contributed by atoms with Crippen molar-refractivity contribution in [3.63, 3.8) is 0 Å². The molecule has 2 aromatic carbocycles. The van der Waals surface area contributed by atoms with Crippen LogP contribution in [0.4, 0.5) is 16.2 Å². The van der Waals surface area contributed by atoms with Gasteiger partial charge in [0.2, 0.25) is 0 Å². The quantitative estimate of drug-likeness (QED) is 0.229. The number of carbonyl (C=O) groups is 4. The van der Waals surface area contributed by atoms with Gasteiger partial charge in [-0.2, -0.15) is 0 Å². The fourth-order valence-corrected chi connectivity index (χ4v) is 7.19. The van der Waals surface area contributed by atoms with Gasteiger partial charge in [0.05, 0.1) is 17.2 Å². The van der Waals surface area contributed by atoms with Crippen LogP contribution in [0.1, 0.15) is 29.3 Å². The van der Waals surface area contributed by atoms with Crippen molar-refractivity contribution >= 4 is 46.5 Å². The number of phenolic OH excluding ortho intramolecular Hbond substituents is 1. The largest absolute Gasteiger partial charge is 0.511 e. The van der Waals surface area contributed by atoms with Gasteiger partial charge in [0.25, 0.3) is 5.91 Å². The number of hydrogen-bond acceptors (Lipinski definition) is 10. The number of Topliss-reactive ketones (excluding diaryl/α,β-unsaturated/α-hetero) is 2. The van der Waals surface area contributed by atoms with E-state index in [0.29, 0.717) is 16.3 Å². The van der Waals surface area contributed by atoms with E-state index >= 15 is 0 Å². The van der Waals surface area contributed by atoms with Crippen LogP contribution in [0.2, 0.25) is 5.02 Å². The van der Waals surface area contributed by atoms with Crippen LogP contribution in [0.25, 0.3) is 0 Å². The summed E-state index contributed by atoms with van der Waals surface area (Å²) in [5, 5.41) is 37.1. The minimum Gasteiger partial charge on any atom is -0.511 e. The molecule has 2 aromatic rings. The lowest BCUT2D eigenvalue weighted by molar-refractivity contribution is -0.127. The second kappa shape index (κ2) is 11.4. The Morgan fingerprint density at radius 2 is 1.73 bits per heavy atom. The molecule has 0 saturated carbocycles. The third kappa shape index (κ3) is 5.38. The molecule has 45 heavy (non-hydrogen) atoms. The van der Waals surface area contributed by atoms with Gasteiger partial charge in [-0.1, -0.05) is 18.5 Å². The van der Waals surface area contributed by atoms with Crippen molar-refractivity contribution in [1.29, 1.82) is 0 Å². The summed E-state index contributed by atoms with van der Waals surface area (Å²) in [5.41, 5.74) is 4.59. The summed E-state index contributed by atoms with van der Waals surface area (Å²) >= 11 is 5.89. The van der Waals surface area contributed by atoms with Crippen molar-refractivity contribution in [2.75, 3.05) is 45.0 Å². The number of amides is 2. The molecule has 3 aliphatic carbocycles. The normalized spacial score (nSPS) is 24.2. The maximum atomic E-state index is 14.3.